The molecular weight excluding hydrogens is 346 g/mol. The standard InChI is InChI=1S/C20H25N3O2S/c1-12-11-20(2,3)23(6)16-8-7-13(9-14(12)16)10-15-17(24)21(4)19(26)22(5)18(15)25/h7-10,12H,11H2,1-6H3. The first-order chi connectivity index (χ1) is 12.0. The van der Waals surface area contributed by atoms with Crippen LogP contribution in [0.1, 0.15) is 44.2 Å². The van der Waals surface area contributed by atoms with Crippen molar-refractivity contribution in [1.82, 2.24) is 9.80 Å². The van der Waals surface area contributed by atoms with Crippen LogP contribution in [0.2, 0.25) is 0 Å². The van der Waals surface area contributed by atoms with Crippen LogP contribution in [0.15, 0.2) is 23.8 Å². The molecular formula is C20H25N3O2S. The lowest BCUT2D eigenvalue weighted by atomic mass is 9.80. The van der Waals surface area contributed by atoms with Gasteiger partial charge in [0.2, 0.25) is 0 Å². The summed E-state index contributed by atoms with van der Waals surface area (Å²) in [7, 11) is 5.29. The van der Waals surface area contributed by atoms with Gasteiger partial charge in [-0.05, 0) is 67.7 Å². The van der Waals surface area contributed by atoms with E-state index >= 15 is 0 Å². The Kier molecular flexibility index (Phi) is 4.43. The molecule has 1 atom stereocenters. The minimum absolute atomic E-state index is 0.100. The first kappa shape index (κ1) is 18.6. The van der Waals surface area contributed by atoms with Gasteiger partial charge in [0.05, 0.1) is 0 Å². The number of benzene rings is 1. The Hall–Kier alpha value is -2.21. The topological polar surface area (TPSA) is 43.9 Å². The largest absolute Gasteiger partial charge is 0.369 e. The van der Waals surface area contributed by atoms with E-state index < -0.39 is 0 Å². The van der Waals surface area contributed by atoms with Crippen LogP contribution in [-0.2, 0) is 9.59 Å². The maximum Gasteiger partial charge on any atom is 0.265 e. The number of hydrogen-bond acceptors (Lipinski definition) is 4. The van der Waals surface area contributed by atoms with E-state index in [9.17, 15) is 9.59 Å². The highest BCUT2D eigenvalue weighted by molar-refractivity contribution is 7.80. The van der Waals surface area contributed by atoms with Crippen molar-refractivity contribution >= 4 is 40.9 Å². The first-order valence-electron chi connectivity index (χ1n) is 8.74. The number of anilines is 1. The van der Waals surface area contributed by atoms with E-state index in [2.05, 4.69) is 44.9 Å². The van der Waals surface area contributed by atoms with Crippen LogP contribution < -0.4 is 4.90 Å². The Bertz CT molecular complexity index is 817. The molecule has 0 bridgehead atoms. The second-order valence-corrected chi connectivity index (χ2v) is 8.23. The normalized spacial score (nSPS) is 22.7. The summed E-state index contributed by atoms with van der Waals surface area (Å²) in [5.41, 5.74) is 3.54. The number of carbonyl (C=O) groups is 2. The zero-order valence-electron chi connectivity index (χ0n) is 16.2. The predicted molar refractivity (Wildman–Crippen MR) is 108 cm³/mol. The van der Waals surface area contributed by atoms with Crippen molar-refractivity contribution in [2.24, 2.45) is 0 Å². The molecule has 1 fully saturated rings. The number of thiocarbonyl (C=S) groups is 1. The van der Waals surface area contributed by atoms with Crippen molar-refractivity contribution in [2.75, 3.05) is 26.0 Å². The van der Waals surface area contributed by atoms with Crippen LogP contribution >= 0.6 is 12.2 Å². The quantitative estimate of drug-likeness (QED) is 0.432. The average molecular weight is 372 g/mol. The smallest absolute Gasteiger partial charge is 0.265 e. The molecule has 2 amide bonds. The van der Waals surface area contributed by atoms with E-state index in [1.165, 1.54) is 21.1 Å². The van der Waals surface area contributed by atoms with Crippen molar-refractivity contribution in [3.05, 3.63) is 34.9 Å². The summed E-state index contributed by atoms with van der Waals surface area (Å²) < 4.78 is 0. The molecule has 0 N–H and O–H groups in total. The van der Waals surface area contributed by atoms with Gasteiger partial charge >= 0.3 is 0 Å². The van der Waals surface area contributed by atoms with Crippen molar-refractivity contribution in [3.63, 3.8) is 0 Å². The molecule has 2 heterocycles. The van der Waals surface area contributed by atoms with Crippen molar-refractivity contribution in [2.45, 2.75) is 38.6 Å². The van der Waals surface area contributed by atoms with Gasteiger partial charge < -0.3 is 4.90 Å². The fraction of sp³-hybridized carbons (Fsp3) is 0.450. The highest BCUT2D eigenvalue weighted by atomic mass is 32.1. The molecule has 26 heavy (non-hydrogen) atoms. The molecule has 0 spiro atoms. The Morgan fingerprint density at radius 1 is 1.12 bits per heavy atom. The molecule has 138 valence electrons. The molecule has 1 saturated heterocycles. The molecule has 2 aliphatic heterocycles. The van der Waals surface area contributed by atoms with Gasteiger partial charge in [0, 0.05) is 32.4 Å². The fourth-order valence-corrected chi connectivity index (χ4v) is 3.99. The Labute approximate surface area is 160 Å². The lowest BCUT2D eigenvalue weighted by molar-refractivity contribution is -0.132. The first-order valence-corrected chi connectivity index (χ1v) is 9.15. The lowest BCUT2D eigenvalue weighted by Crippen LogP contribution is -2.52. The van der Waals surface area contributed by atoms with Gasteiger partial charge in [-0.1, -0.05) is 13.0 Å². The van der Waals surface area contributed by atoms with Gasteiger partial charge in [0.15, 0.2) is 5.11 Å². The third kappa shape index (κ3) is 2.82. The number of hydrogen-bond donors (Lipinski definition) is 0. The number of fused-ring (bicyclic) bond motifs is 1. The van der Waals surface area contributed by atoms with Gasteiger partial charge in [0.1, 0.15) is 5.57 Å². The number of amides is 2. The second-order valence-electron chi connectivity index (χ2n) is 7.86. The third-order valence-electron chi connectivity index (χ3n) is 5.61. The lowest BCUT2D eigenvalue weighted by Gasteiger charge is -2.45. The molecule has 2 aliphatic rings. The van der Waals surface area contributed by atoms with Crippen molar-refractivity contribution in [1.29, 1.82) is 0 Å². The van der Waals surface area contributed by atoms with E-state index in [1.54, 1.807) is 20.2 Å². The highest BCUT2D eigenvalue weighted by Crippen LogP contribution is 2.42. The SMILES string of the molecule is CC1CC(C)(C)N(C)c2ccc(C=C3C(=O)N(C)C(=S)N(C)C3=O)cc21. The zero-order valence-corrected chi connectivity index (χ0v) is 17.0. The van der Waals surface area contributed by atoms with Gasteiger partial charge in [0.25, 0.3) is 11.8 Å². The third-order valence-corrected chi connectivity index (χ3v) is 6.16. The van der Waals surface area contributed by atoms with Crippen LogP contribution in [0.5, 0.6) is 0 Å². The van der Waals surface area contributed by atoms with E-state index in [-0.39, 0.29) is 28.0 Å². The minimum Gasteiger partial charge on any atom is -0.369 e. The van der Waals surface area contributed by atoms with Crippen LogP contribution in [0, 0.1) is 0 Å². The summed E-state index contributed by atoms with van der Waals surface area (Å²) in [6.45, 7) is 6.72. The Morgan fingerprint density at radius 3 is 2.27 bits per heavy atom. The minimum atomic E-state index is -0.359. The van der Waals surface area contributed by atoms with Crippen LogP contribution in [0.25, 0.3) is 6.08 Å². The summed E-state index contributed by atoms with van der Waals surface area (Å²) in [6, 6.07) is 6.13. The summed E-state index contributed by atoms with van der Waals surface area (Å²) in [5.74, 6) is -0.311. The molecule has 0 aliphatic carbocycles. The molecule has 1 unspecified atom stereocenters. The monoisotopic (exact) mass is 371 g/mol. The maximum atomic E-state index is 12.5. The van der Waals surface area contributed by atoms with Gasteiger partial charge in [-0.2, -0.15) is 0 Å². The molecule has 3 rings (SSSR count). The van der Waals surface area contributed by atoms with Crippen LogP contribution in [-0.4, -0.2) is 53.4 Å². The van der Waals surface area contributed by atoms with E-state index in [0.29, 0.717) is 5.92 Å². The summed E-state index contributed by atoms with van der Waals surface area (Å²) >= 11 is 5.13. The molecule has 1 aromatic carbocycles. The van der Waals surface area contributed by atoms with Crippen LogP contribution in [0.3, 0.4) is 0 Å². The molecule has 0 radical (unpaired) electrons. The molecule has 5 nitrogen and oxygen atoms in total. The van der Waals surface area contributed by atoms with E-state index in [0.717, 1.165) is 12.0 Å². The second kappa shape index (κ2) is 6.20. The van der Waals surface area contributed by atoms with E-state index in [1.807, 2.05) is 6.07 Å². The average Bonchev–Trinajstić information content (AvgIpc) is 2.60. The van der Waals surface area contributed by atoms with Gasteiger partial charge in [-0.25, -0.2) is 0 Å². The summed E-state index contributed by atoms with van der Waals surface area (Å²) in [6.07, 6.45) is 2.72. The zero-order chi connectivity index (χ0) is 19.4. The molecule has 0 aromatic heterocycles. The summed E-state index contributed by atoms with van der Waals surface area (Å²) in [5, 5.41) is 0.222. The highest BCUT2D eigenvalue weighted by Gasteiger charge is 2.36. The van der Waals surface area contributed by atoms with Crippen molar-refractivity contribution < 1.29 is 9.59 Å². The van der Waals surface area contributed by atoms with Gasteiger partial charge in [-0.15, -0.1) is 0 Å². The number of nitrogens with zero attached hydrogens (tertiary/aromatic N) is 3. The van der Waals surface area contributed by atoms with E-state index in [4.69, 9.17) is 12.2 Å². The molecule has 0 saturated carbocycles. The number of rotatable bonds is 1. The predicted octanol–water partition coefficient (Wildman–Crippen LogP) is 3.01. The fourth-order valence-electron chi connectivity index (χ4n) is 3.83. The number of carbonyl (C=O) groups excluding carboxylic acids is 2. The number of likely N-dealkylation sites (N-methyl/N-ethyl adjacent to an activating group) is 2. The molecule has 6 heteroatoms. The van der Waals surface area contributed by atoms with Crippen LogP contribution in [0.4, 0.5) is 5.69 Å². The van der Waals surface area contributed by atoms with Crippen molar-refractivity contribution in [3.8, 4) is 0 Å². The van der Waals surface area contributed by atoms with Gasteiger partial charge in [-0.3, -0.25) is 19.4 Å². The Balaban J connectivity index is 2.03. The maximum absolute atomic E-state index is 12.5. The Morgan fingerprint density at radius 2 is 1.69 bits per heavy atom. The summed E-state index contributed by atoms with van der Waals surface area (Å²) in [4.78, 5) is 30.0. The molecule has 1 aromatic rings.